The molecule has 1 aromatic rings. The van der Waals surface area contributed by atoms with E-state index < -0.39 is 0 Å². The summed E-state index contributed by atoms with van der Waals surface area (Å²) in [6.45, 7) is 8.73. The highest BCUT2D eigenvalue weighted by atomic mass is 16.5. The summed E-state index contributed by atoms with van der Waals surface area (Å²) in [5.74, 6) is 0.452. The first kappa shape index (κ1) is 17.5. The first-order chi connectivity index (χ1) is 11.1. The molecule has 1 saturated heterocycles. The first-order valence-corrected chi connectivity index (χ1v) is 8.21. The van der Waals surface area contributed by atoms with E-state index in [4.69, 9.17) is 10.00 Å². The molecule has 0 aliphatic carbocycles. The number of nitriles is 1. The molecule has 0 aromatic heterocycles. The second-order valence-electron chi connectivity index (χ2n) is 6.35. The number of hydrogen-bond acceptors (Lipinski definition) is 4. The lowest BCUT2D eigenvalue weighted by Gasteiger charge is -2.34. The number of nitrogens with zero attached hydrogens (tertiary/aromatic N) is 2. The molecule has 5 heteroatoms. The van der Waals surface area contributed by atoms with Crippen LogP contribution in [-0.2, 0) is 4.74 Å². The van der Waals surface area contributed by atoms with Gasteiger partial charge in [-0.1, -0.05) is 26.0 Å². The van der Waals surface area contributed by atoms with Crippen LogP contribution in [-0.4, -0.2) is 49.7 Å². The Balaban J connectivity index is 1.78. The lowest BCUT2D eigenvalue weighted by molar-refractivity contribution is -0.0344. The molecule has 5 nitrogen and oxygen atoms in total. The average molecular weight is 315 g/mol. The lowest BCUT2D eigenvalue weighted by atomic mass is 10.1. The van der Waals surface area contributed by atoms with Gasteiger partial charge in [0.15, 0.2) is 0 Å². The van der Waals surface area contributed by atoms with Gasteiger partial charge >= 0.3 is 0 Å². The number of amides is 1. The minimum absolute atomic E-state index is 0.161. The maximum Gasteiger partial charge on any atom is 0.252 e. The van der Waals surface area contributed by atoms with Crippen molar-refractivity contribution in [3.63, 3.8) is 0 Å². The van der Waals surface area contributed by atoms with Crippen molar-refractivity contribution in [3.8, 4) is 6.07 Å². The molecule has 0 radical (unpaired) electrons. The first-order valence-electron chi connectivity index (χ1n) is 8.21. The van der Waals surface area contributed by atoms with Gasteiger partial charge in [-0.05, 0) is 24.5 Å². The molecule has 23 heavy (non-hydrogen) atoms. The van der Waals surface area contributed by atoms with Crippen molar-refractivity contribution < 1.29 is 9.53 Å². The van der Waals surface area contributed by atoms with E-state index in [-0.39, 0.29) is 12.0 Å². The van der Waals surface area contributed by atoms with Gasteiger partial charge < -0.3 is 10.1 Å². The Labute approximate surface area is 138 Å². The minimum Gasteiger partial charge on any atom is -0.375 e. The summed E-state index contributed by atoms with van der Waals surface area (Å²) < 4.78 is 5.78. The van der Waals surface area contributed by atoms with E-state index in [1.54, 1.807) is 24.3 Å². The van der Waals surface area contributed by atoms with Crippen LogP contribution in [0.4, 0.5) is 0 Å². The van der Waals surface area contributed by atoms with Crippen molar-refractivity contribution >= 4 is 5.91 Å². The highest BCUT2D eigenvalue weighted by Gasteiger charge is 2.21. The smallest absolute Gasteiger partial charge is 0.252 e. The van der Waals surface area contributed by atoms with Crippen molar-refractivity contribution in [2.45, 2.75) is 26.4 Å². The number of nitrogens with one attached hydrogen (secondary N) is 1. The predicted molar refractivity (Wildman–Crippen MR) is 89.1 cm³/mol. The van der Waals surface area contributed by atoms with Gasteiger partial charge in [0.25, 0.3) is 5.91 Å². The van der Waals surface area contributed by atoms with Crippen LogP contribution in [0.3, 0.4) is 0 Å². The summed E-state index contributed by atoms with van der Waals surface area (Å²) >= 11 is 0. The zero-order valence-corrected chi connectivity index (χ0v) is 13.9. The van der Waals surface area contributed by atoms with Crippen LogP contribution in [0, 0.1) is 17.2 Å². The summed E-state index contributed by atoms with van der Waals surface area (Å²) in [4.78, 5) is 14.6. The molecular weight excluding hydrogens is 290 g/mol. The van der Waals surface area contributed by atoms with Gasteiger partial charge in [-0.15, -0.1) is 0 Å². The Kier molecular flexibility index (Phi) is 6.57. The minimum atomic E-state index is -0.197. The Bertz CT molecular complexity index is 566. The zero-order chi connectivity index (χ0) is 16.7. The van der Waals surface area contributed by atoms with Crippen LogP contribution in [0.25, 0.3) is 0 Å². The largest absolute Gasteiger partial charge is 0.375 e. The SMILES string of the molecule is CC(C)CN1CCOC(CCNC(=O)c2ccccc2C#N)C1. The van der Waals surface area contributed by atoms with Gasteiger partial charge in [0.05, 0.1) is 29.9 Å². The number of carbonyl (C=O) groups excluding carboxylic acids is 1. The summed E-state index contributed by atoms with van der Waals surface area (Å²) in [5.41, 5.74) is 0.836. The van der Waals surface area contributed by atoms with Crippen LogP contribution >= 0.6 is 0 Å². The third kappa shape index (κ3) is 5.34. The summed E-state index contributed by atoms with van der Waals surface area (Å²) in [6, 6.07) is 8.91. The molecule has 1 amide bonds. The topological polar surface area (TPSA) is 65.4 Å². The number of carbonyl (C=O) groups is 1. The molecule has 1 fully saturated rings. The van der Waals surface area contributed by atoms with Crippen molar-refractivity contribution in [1.82, 2.24) is 10.2 Å². The van der Waals surface area contributed by atoms with Crippen molar-refractivity contribution in [2.24, 2.45) is 5.92 Å². The normalized spacial score (nSPS) is 18.6. The monoisotopic (exact) mass is 315 g/mol. The van der Waals surface area contributed by atoms with E-state index in [0.29, 0.717) is 23.6 Å². The van der Waals surface area contributed by atoms with Gasteiger partial charge in [-0.3, -0.25) is 9.69 Å². The second-order valence-corrected chi connectivity index (χ2v) is 6.35. The molecule has 1 N–H and O–H groups in total. The maximum atomic E-state index is 12.2. The van der Waals surface area contributed by atoms with Crippen molar-refractivity contribution in [1.29, 1.82) is 5.26 Å². The fourth-order valence-electron chi connectivity index (χ4n) is 2.86. The summed E-state index contributed by atoms with van der Waals surface area (Å²) in [6.07, 6.45) is 0.948. The Morgan fingerprint density at radius 1 is 1.48 bits per heavy atom. The molecule has 2 rings (SSSR count). The number of morpholine rings is 1. The number of rotatable bonds is 6. The van der Waals surface area contributed by atoms with Gasteiger partial charge in [0, 0.05) is 26.2 Å². The molecular formula is C18H25N3O2. The number of ether oxygens (including phenoxy) is 1. The molecule has 1 heterocycles. The quantitative estimate of drug-likeness (QED) is 0.872. The van der Waals surface area contributed by atoms with Crippen LogP contribution in [0.2, 0.25) is 0 Å². The molecule has 0 bridgehead atoms. The molecule has 1 unspecified atom stereocenters. The maximum absolute atomic E-state index is 12.2. The Morgan fingerprint density at radius 2 is 2.26 bits per heavy atom. The molecule has 0 saturated carbocycles. The van der Waals surface area contributed by atoms with Crippen LogP contribution in [0.5, 0.6) is 0 Å². The van der Waals surface area contributed by atoms with E-state index in [2.05, 4.69) is 24.1 Å². The summed E-state index contributed by atoms with van der Waals surface area (Å²) in [5, 5.41) is 11.9. The fourth-order valence-corrected chi connectivity index (χ4v) is 2.86. The molecule has 1 atom stereocenters. The molecule has 1 aliphatic heterocycles. The Morgan fingerprint density at radius 3 is 3.00 bits per heavy atom. The van der Waals surface area contributed by atoms with E-state index in [1.165, 1.54) is 0 Å². The number of benzene rings is 1. The molecule has 1 aliphatic rings. The van der Waals surface area contributed by atoms with E-state index in [9.17, 15) is 4.79 Å². The third-order valence-corrected chi connectivity index (χ3v) is 3.89. The highest BCUT2D eigenvalue weighted by Crippen LogP contribution is 2.11. The van der Waals surface area contributed by atoms with Crippen molar-refractivity contribution in [2.75, 3.05) is 32.8 Å². The average Bonchev–Trinajstić information content (AvgIpc) is 2.54. The summed E-state index contributed by atoms with van der Waals surface area (Å²) in [7, 11) is 0. The highest BCUT2D eigenvalue weighted by molar-refractivity contribution is 5.96. The van der Waals surface area contributed by atoms with Gasteiger partial charge in [-0.2, -0.15) is 5.26 Å². The second kappa shape index (κ2) is 8.66. The van der Waals surface area contributed by atoms with Crippen LogP contribution in [0.1, 0.15) is 36.2 Å². The Hall–Kier alpha value is -1.90. The van der Waals surface area contributed by atoms with E-state index >= 15 is 0 Å². The lowest BCUT2D eigenvalue weighted by Crippen LogP contribution is -2.45. The van der Waals surface area contributed by atoms with Crippen LogP contribution < -0.4 is 5.32 Å². The third-order valence-electron chi connectivity index (χ3n) is 3.89. The van der Waals surface area contributed by atoms with Gasteiger partial charge in [-0.25, -0.2) is 0 Å². The molecule has 124 valence electrons. The molecule has 1 aromatic carbocycles. The fraction of sp³-hybridized carbons (Fsp3) is 0.556. The van der Waals surface area contributed by atoms with Gasteiger partial charge in [0.2, 0.25) is 0 Å². The zero-order valence-electron chi connectivity index (χ0n) is 13.9. The standard InChI is InChI=1S/C18H25N3O2/c1-14(2)12-21-9-10-23-16(13-21)7-8-20-18(22)17-6-4-3-5-15(17)11-19/h3-6,14,16H,7-10,12-13H2,1-2H3,(H,20,22). The van der Waals surface area contributed by atoms with E-state index in [1.807, 2.05) is 6.07 Å². The predicted octanol–water partition coefficient (Wildman–Crippen LogP) is 2.03. The van der Waals surface area contributed by atoms with Gasteiger partial charge in [0.1, 0.15) is 0 Å². The van der Waals surface area contributed by atoms with E-state index in [0.717, 1.165) is 32.7 Å². The molecule has 0 spiro atoms. The number of hydrogen-bond donors (Lipinski definition) is 1. The van der Waals surface area contributed by atoms with Crippen molar-refractivity contribution in [3.05, 3.63) is 35.4 Å². The van der Waals surface area contributed by atoms with Crippen LogP contribution in [0.15, 0.2) is 24.3 Å².